The Morgan fingerprint density at radius 2 is 1.88 bits per heavy atom. The van der Waals surface area contributed by atoms with Crippen molar-refractivity contribution in [3.8, 4) is 0 Å². The first-order chi connectivity index (χ1) is 7.75. The van der Waals surface area contributed by atoms with E-state index >= 15 is 0 Å². The average molecular weight is 254 g/mol. The highest BCUT2D eigenvalue weighted by Crippen LogP contribution is 2.25. The summed E-state index contributed by atoms with van der Waals surface area (Å²) in [4.78, 5) is 7.85. The van der Waals surface area contributed by atoms with Gasteiger partial charge in [-0.3, -0.25) is 0 Å². The van der Waals surface area contributed by atoms with Gasteiger partial charge in [-0.2, -0.15) is 0 Å². The van der Waals surface area contributed by atoms with Gasteiger partial charge in [-0.15, -0.1) is 0 Å². The summed E-state index contributed by atoms with van der Waals surface area (Å²) < 4.78 is 0. The van der Waals surface area contributed by atoms with Crippen LogP contribution in [0.2, 0.25) is 10.0 Å². The second kappa shape index (κ2) is 5.14. The predicted molar refractivity (Wildman–Crippen MR) is 65.8 cm³/mol. The smallest absolute Gasteiger partial charge is 0.115 e. The molecule has 0 aliphatic rings. The van der Waals surface area contributed by atoms with E-state index < -0.39 is 0 Å². The summed E-state index contributed by atoms with van der Waals surface area (Å²) in [5, 5.41) is 4.46. The van der Waals surface area contributed by atoms with Crippen LogP contribution >= 0.6 is 23.2 Å². The number of benzene rings is 1. The van der Waals surface area contributed by atoms with Crippen molar-refractivity contribution >= 4 is 28.9 Å². The van der Waals surface area contributed by atoms with Gasteiger partial charge in [0.25, 0.3) is 0 Å². The minimum atomic E-state index is 0.612. The van der Waals surface area contributed by atoms with E-state index in [0.29, 0.717) is 16.6 Å². The van der Waals surface area contributed by atoms with Crippen molar-refractivity contribution in [1.29, 1.82) is 0 Å². The lowest BCUT2D eigenvalue weighted by Crippen LogP contribution is -2.00. The van der Waals surface area contributed by atoms with Crippen molar-refractivity contribution in [2.75, 3.05) is 5.32 Å². The fourth-order valence-electron chi connectivity index (χ4n) is 1.25. The van der Waals surface area contributed by atoms with Crippen molar-refractivity contribution in [1.82, 2.24) is 9.97 Å². The van der Waals surface area contributed by atoms with E-state index in [-0.39, 0.29) is 0 Å². The summed E-state index contributed by atoms with van der Waals surface area (Å²) in [6.45, 7) is 0.612. The van der Waals surface area contributed by atoms with Crippen LogP contribution in [-0.4, -0.2) is 9.97 Å². The van der Waals surface area contributed by atoms with E-state index in [1.165, 1.54) is 6.33 Å². The Hall–Kier alpha value is -1.32. The Morgan fingerprint density at radius 3 is 2.62 bits per heavy atom. The average Bonchev–Trinajstić information content (AvgIpc) is 2.32. The predicted octanol–water partition coefficient (Wildman–Crippen LogP) is 3.40. The molecule has 0 aliphatic heterocycles. The van der Waals surface area contributed by atoms with Crippen molar-refractivity contribution in [3.05, 3.63) is 52.5 Å². The molecule has 0 atom stereocenters. The van der Waals surface area contributed by atoms with Gasteiger partial charge in [0.1, 0.15) is 6.33 Å². The highest BCUT2D eigenvalue weighted by molar-refractivity contribution is 6.35. The summed E-state index contributed by atoms with van der Waals surface area (Å²) in [7, 11) is 0. The van der Waals surface area contributed by atoms with Gasteiger partial charge in [0.2, 0.25) is 0 Å². The Bertz CT molecular complexity index is 474. The molecule has 0 radical (unpaired) electrons. The third-order valence-corrected chi connectivity index (χ3v) is 2.59. The van der Waals surface area contributed by atoms with Crippen molar-refractivity contribution in [3.63, 3.8) is 0 Å². The Kier molecular flexibility index (Phi) is 3.59. The van der Waals surface area contributed by atoms with Gasteiger partial charge in [0.15, 0.2) is 0 Å². The number of nitrogens with one attached hydrogen (secondary N) is 1. The first kappa shape index (κ1) is 11.2. The zero-order valence-electron chi connectivity index (χ0n) is 8.32. The highest BCUT2D eigenvalue weighted by Gasteiger charge is 2.01. The molecule has 0 spiro atoms. The van der Waals surface area contributed by atoms with Crippen molar-refractivity contribution < 1.29 is 0 Å². The molecule has 82 valence electrons. The molecule has 5 heteroatoms. The third kappa shape index (κ3) is 2.84. The van der Waals surface area contributed by atoms with Gasteiger partial charge in [0, 0.05) is 29.5 Å². The first-order valence-corrected chi connectivity index (χ1v) is 5.44. The van der Waals surface area contributed by atoms with E-state index in [9.17, 15) is 0 Å². The maximum atomic E-state index is 6.01. The maximum absolute atomic E-state index is 6.01. The van der Waals surface area contributed by atoms with Gasteiger partial charge < -0.3 is 5.32 Å². The number of rotatable bonds is 3. The second-order valence-electron chi connectivity index (χ2n) is 3.22. The van der Waals surface area contributed by atoms with Crippen LogP contribution in [0.4, 0.5) is 5.69 Å². The number of hydrogen-bond acceptors (Lipinski definition) is 3. The van der Waals surface area contributed by atoms with Crippen LogP contribution in [0.5, 0.6) is 0 Å². The first-order valence-electron chi connectivity index (χ1n) is 4.68. The van der Waals surface area contributed by atoms with Gasteiger partial charge in [-0.25, -0.2) is 9.97 Å². The van der Waals surface area contributed by atoms with Crippen LogP contribution in [0.15, 0.2) is 36.9 Å². The molecule has 0 amide bonds. The highest BCUT2D eigenvalue weighted by atomic mass is 35.5. The molecule has 0 fully saturated rings. The lowest BCUT2D eigenvalue weighted by atomic mass is 10.3. The Balaban J connectivity index is 2.08. The summed E-state index contributed by atoms with van der Waals surface area (Å²) in [6.07, 6.45) is 4.99. The topological polar surface area (TPSA) is 37.8 Å². The standard InChI is InChI=1S/C11H9Cl2N3/c12-9-1-2-10(13)11(3-9)16-6-8-4-14-7-15-5-8/h1-5,7,16H,6H2. The summed E-state index contributed by atoms with van der Waals surface area (Å²) in [5.41, 5.74) is 1.79. The van der Waals surface area contributed by atoms with Gasteiger partial charge in [-0.1, -0.05) is 23.2 Å². The van der Waals surface area contributed by atoms with E-state index in [0.717, 1.165) is 11.3 Å². The minimum absolute atomic E-state index is 0.612. The van der Waals surface area contributed by atoms with Crippen LogP contribution in [0, 0.1) is 0 Å². The molecule has 0 saturated carbocycles. The quantitative estimate of drug-likeness (QED) is 0.912. The van der Waals surface area contributed by atoms with Crippen LogP contribution in [0.3, 0.4) is 0 Å². The van der Waals surface area contributed by atoms with Crippen molar-refractivity contribution in [2.45, 2.75) is 6.54 Å². The van der Waals surface area contributed by atoms with Gasteiger partial charge in [-0.05, 0) is 18.2 Å². The molecule has 0 saturated heterocycles. The molecular weight excluding hydrogens is 245 g/mol. The monoisotopic (exact) mass is 253 g/mol. The summed E-state index contributed by atoms with van der Waals surface area (Å²) >= 11 is 11.9. The molecule has 1 N–H and O–H groups in total. The molecule has 2 rings (SSSR count). The van der Waals surface area contributed by atoms with Crippen LogP contribution in [0.25, 0.3) is 0 Å². The zero-order valence-corrected chi connectivity index (χ0v) is 9.83. The number of halogens is 2. The Labute approximate surface area is 103 Å². The molecule has 1 aromatic heterocycles. The van der Waals surface area contributed by atoms with Crippen LogP contribution in [-0.2, 0) is 6.54 Å². The number of hydrogen-bond donors (Lipinski definition) is 1. The largest absolute Gasteiger partial charge is 0.380 e. The minimum Gasteiger partial charge on any atom is -0.380 e. The number of anilines is 1. The summed E-state index contributed by atoms with van der Waals surface area (Å²) in [6, 6.07) is 5.29. The normalized spacial score (nSPS) is 10.1. The third-order valence-electron chi connectivity index (χ3n) is 2.03. The maximum Gasteiger partial charge on any atom is 0.115 e. The molecule has 1 aromatic carbocycles. The molecule has 0 bridgehead atoms. The summed E-state index contributed by atoms with van der Waals surface area (Å²) in [5.74, 6) is 0. The fourth-order valence-corrected chi connectivity index (χ4v) is 1.61. The van der Waals surface area contributed by atoms with E-state index in [1.807, 2.05) is 0 Å². The number of nitrogens with zero attached hydrogens (tertiary/aromatic N) is 2. The van der Waals surface area contributed by atoms with E-state index in [2.05, 4.69) is 15.3 Å². The zero-order chi connectivity index (χ0) is 11.4. The fraction of sp³-hybridized carbons (Fsp3) is 0.0909. The lowest BCUT2D eigenvalue weighted by molar-refractivity contribution is 1.05. The molecule has 0 unspecified atom stereocenters. The van der Waals surface area contributed by atoms with E-state index in [1.54, 1.807) is 30.6 Å². The van der Waals surface area contributed by atoms with Crippen LogP contribution in [0.1, 0.15) is 5.56 Å². The number of aromatic nitrogens is 2. The molecule has 1 heterocycles. The Morgan fingerprint density at radius 1 is 1.12 bits per heavy atom. The lowest BCUT2D eigenvalue weighted by Gasteiger charge is -2.08. The molecule has 16 heavy (non-hydrogen) atoms. The molecule has 3 nitrogen and oxygen atoms in total. The molecule has 0 aliphatic carbocycles. The SMILES string of the molecule is Clc1ccc(Cl)c(NCc2cncnc2)c1. The molecule has 2 aromatic rings. The molecular formula is C11H9Cl2N3. The van der Waals surface area contributed by atoms with Crippen molar-refractivity contribution in [2.24, 2.45) is 0 Å². The van der Waals surface area contributed by atoms with Gasteiger partial charge >= 0.3 is 0 Å². The van der Waals surface area contributed by atoms with E-state index in [4.69, 9.17) is 23.2 Å². The van der Waals surface area contributed by atoms with Crippen LogP contribution < -0.4 is 5.32 Å². The van der Waals surface area contributed by atoms with Gasteiger partial charge in [0.05, 0.1) is 10.7 Å². The second-order valence-corrected chi connectivity index (χ2v) is 4.07.